The molecule has 5 heteroatoms. The van der Waals surface area contributed by atoms with Gasteiger partial charge in [-0.1, -0.05) is 6.58 Å². The molecule has 0 spiro atoms. The summed E-state index contributed by atoms with van der Waals surface area (Å²) in [5, 5.41) is 26.2. The zero-order chi connectivity index (χ0) is 8.81. The van der Waals surface area contributed by atoms with Crippen LogP contribution >= 0.6 is 0 Å². The van der Waals surface area contributed by atoms with Crippen molar-refractivity contribution in [3.8, 4) is 0 Å². The van der Waals surface area contributed by atoms with E-state index in [-0.39, 0.29) is 0 Å². The summed E-state index contributed by atoms with van der Waals surface area (Å²) in [5.74, 6) is -3.58. The maximum Gasteiger partial charge on any atom is 0.299 e. The molecular weight excluding hydrogens is 158 g/mol. The van der Waals surface area contributed by atoms with Crippen LogP contribution in [0.4, 0.5) is 8.78 Å². The third-order valence-electron chi connectivity index (χ3n) is 1.80. The van der Waals surface area contributed by atoms with Crippen molar-refractivity contribution in [3.63, 3.8) is 0 Å². The molecule has 3 unspecified atom stereocenters. The van der Waals surface area contributed by atoms with Gasteiger partial charge in [-0.25, -0.2) is 0 Å². The fourth-order valence-electron chi connectivity index (χ4n) is 0.980. The van der Waals surface area contributed by atoms with Crippen LogP contribution in [-0.4, -0.2) is 39.6 Å². The molecule has 3 atom stereocenters. The zero-order valence-corrected chi connectivity index (χ0v) is 5.54. The minimum Gasteiger partial charge on any atom is -0.387 e. The monoisotopic (exact) mass is 166 g/mol. The molecule has 0 saturated heterocycles. The van der Waals surface area contributed by atoms with E-state index in [0.717, 1.165) is 0 Å². The van der Waals surface area contributed by atoms with Gasteiger partial charge in [-0.05, 0) is 0 Å². The SMILES string of the molecule is C=C1C(O)C(O)C(O)C1(F)F. The molecule has 0 aliphatic heterocycles. The van der Waals surface area contributed by atoms with Crippen molar-refractivity contribution < 1.29 is 24.1 Å². The highest BCUT2D eigenvalue weighted by Crippen LogP contribution is 2.39. The first-order valence-corrected chi connectivity index (χ1v) is 3.00. The third kappa shape index (κ3) is 0.962. The molecule has 0 heterocycles. The molecule has 0 aromatic carbocycles. The van der Waals surface area contributed by atoms with Gasteiger partial charge in [0.15, 0.2) is 6.10 Å². The molecule has 1 aliphatic rings. The highest BCUT2D eigenvalue weighted by atomic mass is 19.3. The van der Waals surface area contributed by atoms with Crippen molar-refractivity contribution >= 4 is 0 Å². The highest BCUT2D eigenvalue weighted by molar-refractivity contribution is 5.25. The molecule has 0 radical (unpaired) electrons. The molecule has 0 aromatic heterocycles. The van der Waals surface area contributed by atoms with Crippen molar-refractivity contribution in [2.75, 3.05) is 0 Å². The summed E-state index contributed by atoms with van der Waals surface area (Å²) in [6.07, 6.45) is -5.82. The summed E-state index contributed by atoms with van der Waals surface area (Å²) in [5.41, 5.74) is -0.836. The lowest BCUT2D eigenvalue weighted by atomic mass is 10.2. The van der Waals surface area contributed by atoms with Crippen LogP contribution < -0.4 is 0 Å². The average molecular weight is 166 g/mol. The Morgan fingerprint density at radius 1 is 1.27 bits per heavy atom. The molecule has 3 nitrogen and oxygen atoms in total. The predicted octanol–water partition coefficient (Wildman–Crippen LogP) is -0.726. The number of hydrogen-bond donors (Lipinski definition) is 3. The summed E-state index contributed by atoms with van der Waals surface area (Å²) in [6, 6.07) is 0. The summed E-state index contributed by atoms with van der Waals surface area (Å²) < 4.78 is 25.1. The number of aliphatic hydroxyl groups excluding tert-OH is 3. The van der Waals surface area contributed by atoms with Gasteiger partial charge < -0.3 is 15.3 Å². The van der Waals surface area contributed by atoms with Crippen LogP contribution in [0.25, 0.3) is 0 Å². The van der Waals surface area contributed by atoms with E-state index in [2.05, 4.69) is 6.58 Å². The van der Waals surface area contributed by atoms with Gasteiger partial charge in [-0.15, -0.1) is 0 Å². The number of alkyl halides is 2. The van der Waals surface area contributed by atoms with Crippen LogP contribution in [0.1, 0.15) is 0 Å². The van der Waals surface area contributed by atoms with Gasteiger partial charge in [0, 0.05) is 5.57 Å². The third-order valence-corrected chi connectivity index (χ3v) is 1.80. The lowest BCUT2D eigenvalue weighted by molar-refractivity contribution is -0.104. The second-order valence-electron chi connectivity index (χ2n) is 2.53. The topological polar surface area (TPSA) is 60.7 Å². The molecule has 1 saturated carbocycles. The average Bonchev–Trinajstić information content (AvgIpc) is 2.06. The summed E-state index contributed by atoms with van der Waals surface area (Å²) in [7, 11) is 0. The molecular formula is C6H8F2O3. The Hall–Kier alpha value is -0.520. The smallest absolute Gasteiger partial charge is 0.299 e. The molecule has 0 aromatic rings. The molecule has 64 valence electrons. The number of hydrogen-bond acceptors (Lipinski definition) is 3. The molecule has 0 bridgehead atoms. The standard InChI is InChI=1S/C6H8F2O3/c1-2-3(9)4(10)5(11)6(2,7)8/h3-5,9-11H,1H2. The van der Waals surface area contributed by atoms with E-state index < -0.39 is 29.8 Å². The quantitative estimate of drug-likeness (QED) is 0.416. The van der Waals surface area contributed by atoms with Crippen LogP contribution in [0.2, 0.25) is 0 Å². The Kier molecular flexibility index (Phi) is 1.74. The number of aliphatic hydroxyl groups is 3. The van der Waals surface area contributed by atoms with Crippen LogP contribution in [0.3, 0.4) is 0 Å². The number of rotatable bonds is 0. The van der Waals surface area contributed by atoms with Crippen LogP contribution in [0.15, 0.2) is 12.2 Å². The first-order chi connectivity index (χ1) is 4.89. The lowest BCUT2D eigenvalue weighted by Gasteiger charge is -2.14. The Morgan fingerprint density at radius 2 is 1.73 bits per heavy atom. The molecule has 1 rings (SSSR count). The van der Waals surface area contributed by atoms with Gasteiger partial charge in [0.25, 0.3) is 5.92 Å². The van der Waals surface area contributed by atoms with Gasteiger partial charge >= 0.3 is 0 Å². The fourth-order valence-corrected chi connectivity index (χ4v) is 0.980. The maximum atomic E-state index is 12.6. The fraction of sp³-hybridized carbons (Fsp3) is 0.667. The minimum atomic E-state index is -3.58. The highest BCUT2D eigenvalue weighted by Gasteiger charge is 2.57. The Morgan fingerprint density at radius 3 is 1.82 bits per heavy atom. The van der Waals surface area contributed by atoms with Crippen LogP contribution in [-0.2, 0) is 0 Å². The normalized spacial score (nSPS) is 43.0. The molecule has 11 heavy (non-hydrogen) atoms. The van der Waals surface area contributed by atoms with E-state index in [0.29, 0.717) is 0 Å². The molecule has 1 fully saturated rings. The summed E-state index contributed by atoms with van der Waals surface area (Å²) in [6.45, 7) is 2.87. The second-order valence-corrected chi connectivity index (χ2v) is 2.53. The van der Waals surface area contributed by atoms with E-state index in [9.17, 15) is 8.78 Å². The van der Waals surface area contributed by atoms with E-state index >= 15 is 0 Å². The first-order valence-electron chi connectivity index (χ1n) is 3.00. The largest absolute Gasteiger partial charge is 0.387 e. The molecule has 3 N–H and O–H groups in total. The van der Waals surface area contributed by atoms with E-state index in [1.807, 2.05) is 0 Å². The van der Waals surface area contributed by atoms with Crippen LogP contribution in [0.5, 0.6) is 0 Å². The van der Waals surface area contributed by atoms with Crippen molar-refractivity contribution in [3.05, 3.63) is 12.2 Å². The summed E-state index contributed by atoms with van der Waals surface area (Å²) in [4.78, 5) is 0. The second kappa shape index (κ2) is 2.23. The minimum absolute atomic E-state index is 0.836. The number of halogens is 2. The Bertz CT molecular complexity index is 192. The van der Waals surface area contributed by atoms with Gasteiger partial charge in [-0.3, -0.25) is 0 Å². The lowest BCUT2D eigenvalue weighted by Crippen LogP contribution is -2.35. The first kappa shape index (κ1) is 8.58. The van der Waals surface area contributed by atoms with E-state index in [1.165, 1.54) is 0 Å². The van der Waals surface area contributed by atoms with Gasteiger partial charge in [0.05, 0.1) is 0 Å². The van der Waals surface area contributed by atoms with Gasteiger partial charge in [0.1, 0.15) is 12.2 Å². The Balaban J connectivity index is 2.96. The van der Waals surface area contributed by atoms with Gasteiger partial charge in [-0.2, -0.15) is 8.78 Å². The van der Waals surface area contributed by atoms with Crippen molar-refractivity contribution in [2.24, 2.45) is 0 Å². The molecule has 0 amide bonds. The predicted molar refractivity (Wildman–Crippen MR) is 32.1 cm³/mol. The zero-order valence-electron chi connectivity index (χ0n) is 5.54. The van der Waals surface area contributed by atoms with Gasteiger partial charge in [0.2, 0.25) is 0 Å². The summed E-state index contributed by atoms with van der Waals surface area (Å²) >= 11 is 0. The van der Waals surface area contributed by atoms with E-state index in [1.54, 1.807) is 0 Å². The maximum absolute atomic E-state index is 12.6. The van der Waals surface area contributed by atoms with Crippen molar-refractivity contribution in [1.29, 1.82) is 0 Å². The van der Waals surface area contributed by atoms with E-state index in [4.69, 9.17) is 15.3 Å². The molecule has 1 aliphatic carbocycles. The van der Waals surface area contributed by atoms with Crippen molar-refractivity contribution in [2.45, 2.75) is 24.2 Å². The van der Waals surface area contributed by atoms with Crippen molar-refractivity contribution in [1.82, 2.24) is 0 Å². The Labute approximate surface area is 61.6 Å². The van der Waals surface area contributed by atoms with Crippen LogP contribution in [0, 0.1) is 0 Å².